The fourth-order valence-electron chi connectivity index (χ4n) is 3.32. The van der Waals surface area contributed by atoms with Crippen LogP contribution in [0.2, 0.25) is 0 Å². The fraction of sp³-hybridized carbons (Fsp3) is 0.174. The molecule has 11 heteroatoms. The van der Waals surface area contributed by atoms with E-state index in [4.69, 9.17) is 14.6 Å². The summed E-state index contributed by atoms with van der Waals surface area (Å²) in [6, 6.07) is 14.6. The molecular formula is C23H23N5O5S. The minimum absolute atomic E-state index is 0.0508. The molecular weight excluding hydrogens is 458 g/mol. The summed E-state index contributed by atoms with van der Waals surface area (Å²) in [6.07, 6.45) is 4.15. The Bertz CT molecular complexity index is 1410. The standard InChI is InChI=1S/C23H23N5O5S/c1-32-23-21(28-34(2,30)31)12-16(13-24-23)15-3-8-20-19(11-15)22(26-14-25-20)27-17-4-6-18(7-5-17)33-10-9-29/h3-8,11-14,28-29H,9-10H2,1-2H3,(H,25,26,27). The zero-order chi connectivity index (χ0) is 24.1. The van der Waals surface area contributed by atoms with Crippen LogP contribution in [-0.4, -0.2) is 55.1 Å². The zero-order valence-electron chi connectivity index (χ0n) is 18.5. The minimum atomic E-state index is -3.51. The van der Waals surface area contributed by atoms with Gasteiger partial charge in [-0.1, -0.05) is 6.07 Å². The molecule has 0 aliphatic heterocycles. The fourth-order valence-corrected chi connectivity index (χ4v) is 3.86. The molecule has 4 aromatic rings. The topological polar surface area (TPSA) is 136 Å². The molecule has 0 spiro atoms. The van der Waals surface area contributed by atoms with E-state index in [1.165, 1.54) is 13.4 Å². The van der Waals surface area contributed by atoms with E-state index in [1.807, 2.05) is 30.3 Å². The van der Waals surface area contributed by atoms with Crippen LogP contribution in [0.4, 0.5) is 17.2 Å². The van der Waals surface area contributed by atoms with Crippen LogP contribution in [0.5, 0.6) is 11.6 Å². The minimum Gasteiger partial charge on any atom is -0.491 e. The van der Waals surface area contributed by atoms with E-state index in [1.54, 1.807) is 24.4 Å². The lowest BCUT2D eigenvalue weighted by Crippen LogP contribution is -2.11. The van der Waals surface area contributed by atoms with Gasteiger partial charge in [-0.15, -0.1) is 0 Å². The predicted octanol–water partition coefficient (Wildman–Crippen LogP) is 3.19. The molecule has 0 amide bonds. The molecule has 0 atom stereocenters. The van der Waals surface area contributed by atoms with Crippen molar-refractivity contribution in [3.8, 4) is 22.8 Å². The molecule has 0 aliphatic rings. The van der Waals surface area contributed by atoms with Crippen LogP contribution in [0.3, 0.4) is 0 Å². The van der Waals surface area contributed by atoms with Crippen LogP contribution < -0.4 is 19.5 Å². The maximum atomic E-state index is 11.7. The molecule has 2 aromatic heterocycles. The summed E-state index contributed by atoms with van der Waals surface area (Å²) in [5.74, 6) is 1.43. The molecule has 10 nitrogen and oxygen atoms in total. The van der Waals surface area contributed by atoms with E-state index in [9.17, 15) is 8.42 Å². The van der Waals surface area contributed by atoms with Crippen molar-refractivity contribution >= 4 is 38.1 Å². The lowest BCUT2D eigenvalue weighted by Gasteiger charge is -2.12. The Labute approximate surface area is 196 Å². The van der Waals surface area contributed by atoms with Gasteiger partial charge in [-0.25, -0.2) is 23.4 Å². The van der Waals surface area contributed by atoms with E-state index in [-0.39, 0.29) is 24.8 Å². The van der Waals surface area contributed by atoms with Gasteiger partial charge in [-0.2, -0.15) is 0 Å². The van der Waals surface area contributed by atoms with Crippen molar-refractivity contribution in [2.24, 2.45) is 0 Å². The number of anilines is 3. The van der Waals surface area contributed by atoms with Gasteiger partial charge in [0, 0.05) is 22.8 Å². The van der Waals surface area contributed by atoms with E-state index >= 15 is 0 Å². The number of methoxy groups -OCH3 is 1. The quantitative estimate of drug-likeness (QED) is 0.329. The lowest BCUT2D eigenvalue weighted by atomic mass is 10.0. The monoisotopic (exact) mass is 481 g/mol. The molecule has 2 heterocycles. The second-order valence-corrected chi connectivity index (χ2v) is 9.08. The van der Waals surface area contributed by atoms with Crippen molar-refractivity contribution in [3.05, 3.63) is 61.1 Å². The third-order valence-electron chi connectivity index (χ3n) is 4.79. The van der Waals surface area contributed by atoms with Gasteiger partial charge in [0.1, 0.15) is 30.2 Å². The van der Waals surface area contributed by atoms with Gasteiger partial charge in [0.25, 0.3) is 0 Å². The van der Waals surface area contributed by atoms with Crippen molar-refractivity contribution in [2.75, 3.05) is 36.6 Å². The number of nitrogens with one attached hydrogen (secondary N) is 2. The van der Waals surface area contributed by atoms with Crippen LogP contribution in [0.15, 0.2) is 61.1 Å². The van der Waals surface area contributed by atoms with Crippen LogP contribution in [0.25, 0.3) is 22.0 Å². The van der Waals surface area contributed by atoms with Crippen molar-refractivity contribution in [1.29, 1.82) is 0 Å². The highest BCUT2D eigenvalue weighted by atomic mass is 32.2. The van der Waals surface area contributed by atoms with Crippen LogP contribution in [0.1, 0.15) is 0 Å². The van der Waals surface area contributed by atoms with Crippen molar-refractivity contribution < 1.29 is 23.0 Å². The number of aromatic nitrogens is 3. The normalized spacial score (nSPS) is 11.3. The highest BCUT2D eigenvalue weighted by Crippen LogP contribution is 2.32. The Kier molecular flexibility index (Phi) is 6.75. The molecule has 0 saturated heterocycles. The second-order valence-electron chi connectivity index (χ2n) is 7.33. The molecule has 176 valence electrons. The lowest BCUT2D eigenvalue weighted by molar-refractivity contribution is 0.201. The largest absolute Gasteiger partial charge is 0.491 e. The van der Waals surface area contributed by atoms with Crippen molar-refractivity contribution in [3.63, 3.8) is 0 Å². The molecule has 0 unspecified atom stereocenters. The Morgan fingerprint density at radius 2 is 1.79 bits per heavy atom. The average Bonchev–Trinajstić information content (AvgIpc) is 2.82. The van der Waals surface area contributed by atoms with Gasteiger partial charge >= 0.3 is 0 Å². The smallest absolute Gasteiger partial charge is 0.238 e. The third kappa shape index (κ3) is 5.50. The summed E-state index contributed by atoms with van der Waals surface area (Å²) in [5, 5.41) is 12.9. The first-order valence-corrected chi connectivity index (χ1v) is 12.1. The summed E-state index contributed by atoms with van der Waals surface area (Å²) < 4.78 is 36.5. The highest BCUT2D eigenvalue weighted by molar-refractivity contribution is 7.92. The first kappa shape index (κ1) is 23.2. The molecule has 2 aromatic carbocycles. The van der Waals surface area contributed by atoms with E-state index in [0.717, 1.165) is 28.4 Å². The number of ether oxygens (including phenoxy) is 2. The van der Waals surface area contributed by atoms with Gasteiger partial charge < -0.3 is 19.9 Å². The first-order valence-electron chi connectivity index (χ1n) is 10.2. The van der Waals surface area contributed by atoms with E-state index < -0.39 is 10.0 Å². The summed E-state index contributed by atoms with van der Waals surface area (Å²) in [7, 11) is -2.09. The number of benzene rings is 2. The van der Waals surface area contributed by atoms with Crippen LogP contribution in [0, 0.1) is 0 Å². The van der Waals surface area contributed by atoms with Gasteiger partial charge in [-0.05, 0) is 48.0 Å². The van der Waals surface area contributed by atoms with E-state index in [2.05, 4.69) is 25.0 Å². The maximum absolute atomic E-state index is 11.7. The second kappa shape index (κ2) is 9.89. The summed E-state index contributed by atoms with van der Waals surface area (Å²) in [4.78, 5) is 13.0. The third-order valence-corrected chi connectivity index (χ3v) is 5.38. The first-order chi connectivity index (χ1) is 16.4. The molecule has 0 aliphatic carbocycles. The Morgan fingerprint density at radius 3 is 2.50 bits per heavy atom. The summed E-state index contributed by atoms with van der Waals surface area (Å²) >= 11 is 0. The molecule has 0 bridgehead atoms. The number of aliphatic hydroxyl groups excluding tert-OH is 1. The maximum Gasteiger partial charge on any atom is 0.238 e. The number of aliphatic hydroxyl groups is 1. The Morgan fingerprint density at radius 1 is 1.00 bits per heavy atom. The van der Waals surface area contributed by atoms with Gasteiger partial charge in [0.2, 0.25) is 15.9 Å². The zero-order valence-corrected chi connectivity index (χ0v) is 19.3. The summed E-state index contributed by atoms with van der Waals surface area (Å²) in [5.41, 5.74) is 3.26. The number of nitrogens with zero attached hydrogens (tertiary/aromatic N) is 3. The number of rotatable bonds is 9. The Hall–Kier alpha value is -3.96. The number of sulfonamides is 1. The van der Waals surface area contributed by atoms with Gasteiger partial charge in [0.15, 0.2) is 0 Å². The predicted molar refractivity (Wildman–Crippen MR) is 130 cm³/mol. The van der Waals surface area contributed by atoms with Gasteiger partial charge in [-0.3, -0.25) is 4.72 Å². The molecule has 3 N–H and O–H groups in total. The molecule has 0 radical (unpaired) electrons. The molecule has 4 rings (SSSR count). The van der Waals surface area contributed by atoms with E-state index in [0.29, 0.717) is 17.1 Å². The van der Waals surface area contributed by atoms with Gasteiger partial charge in [0.05, 0.1) is 25.5 Å². The average molecular weight is 482 g/mol. The number of fused-ring (bicyclic) bond motifs is 1. The van der Waals surface area contributed by atoms with Crippen molar-refractivity contribution in [1.82, 2.24) is 15.0 Å². The summed E-state index contributed by atoms with van der Waals surface area (Å²) in [6.45, 7) is 0.179. The molecule has 34 heavy (non-hydrogen) atoms. The highest BCUT2D eigenvalue weighted by Gasteiger charge is 2.13. The SMILES string of the molecule is COc1ncc(-c2ccc3ncnc(Nc4ccc(OCCO)cc4)c3c2)cc1NS(C)(=O)=O. The molecule has 0 fully saturated rings. The number of pyridine rings is 1. The van der Waals surface area contributed by atoms with Crippen LogP contribution >= 0.6 is 0 Å². The number of hydrogen-bond acceptors (Lipinski definition) is 9. The number of hydrogen-bond donors (Lipinski definition) is 3. The molecule has 0 saturated carbocycles. The Balaban J connectivity index is 1.68. The van der Waals surface area contributed by atoms with Crippen LogP contribution in [-0.2, 0) is 10.0 Å². The van der Waals surface area contributed by atoms with Crippen molar-refractivity contribution in [2.45, 2.75) is 0 Å².